The Morgan fingerprint density at radius 2 is 2.05 bits per heavy atom. The second kappa shape index (κ2) is 6.18. The lowest BCUT2D eigenvalue weighted by Crippen LogP contribution is -2.27. The largest absolute Gasteiger partial charge is 0.493 e. The molecule has 3 rings (SSSR count). The molecule has 116 valence electrons. The highest BCUT2D eigenvalue weighted by Crippen LogP contribution is 2.44. The Hall–Kier alpha value is -1.73. The molecule has 1 saturated heterocycles. The van der Waals surface area contributed by atoms with Gasteiger partial charge < -0.3 is 9.47 Å². The zero-order valence-corrected chi connectivity index (χ0v) is 14.2. The van der Waals surface area contributed by atoms with Gasteiger partial charge in [0, 0.05) is 11.1 Å². The summed E-state index contributed by atoms with van der Waals surface area (Å²) in [7, 11) is 3.21. The van der Waals surface area contributed by atoms with Crippen molar-refractivity contribution in [1.82, 2.24) is 4.98 Å². The summed E-state index contributed by atoms with van der Waals surface area (Å²) in [6.45, 7) is 1.99. The van der Waals surface area contributed by atoms with Crippen LogP contribution in [0.4, 0.5) is 5.13 Å². The third-order valence-corrected chi connectivity index (χ3v) is 5.50. The molecular formula is C15H16N2O3S2. The van der Waals surface area contributed by atoms with Gasteiger partial charge in [-0.15, -0.1) is 23.1 Å². The Morgan fingerprint density at radius 3 is 2.68 bits per heavy atom. The molecule has 2 aromatic rings. The molecule has 1 fully saturated rings. The fourth-order valence-electron chi connectivity index (χ4n) is 2.34. The first-order chi connectivity index (χ1) is 10.6. The van der Waals surface area contributed by atoms with Crippen molar-refractivity contribution in [2.75, 3.05) is 24.9 Å². The summed E-state index contributed by atoms with van der Waals surface area (Å²) in [5.41, 5.74) is 1.00. The number of ether oxygens (including phenoxy) is 2. The first-order valence-corrected chi connectivity index (χ1v) is 8.58. The summed E-state index contributed by atoms with van der Waals surface area (Å²) >= 11 is 3.12. The van der Waals surface area contributed by atoms with Crippen molar-refractivity contribution < 1.29 is 14.3 Å². The zero-order valence-electron chi connectivity index (χ0n) is 12.5. The number of hydrogen-bond acceptors (Lipinski definition) is 6. The number of hydrogen-bond donors (Lipinski definition) is 0. The van der Waals surface area contributed by atoms with E-state index in [4.69, 9.17) is 9.47 Å². The number of methoxy groups -OCH3 is 2. The molecule has 1 aromatic carbocycles. The number of benzene rings is 1. The molecule has 1 aliphatic heterocycles. The van der Waals surface area contributed by atoms with E-state index in [1.54, 1.807) is 37.1 Å². The number of amides is 1. The lowest BCUT2D eigenvalue weighted by atomic mass is 10.2. The predicted octanol–water partition coefficient (Wildman–Crippen LogP) is 3.25. The van der Waals surface area contributed by atoms with E-state index in [0.717, 1.165) is 15.6 Å². The summed E-state index contributed by atoms with van der Waals surface area (Å²) in [6, 6.07) is 5.75. The molecule has 2 heterocycles. The fourth-order valence-corrected chi connectivity index (χ4v) is 4.35. The van der Waals surface area contributed by atoms with Gasteiger partial charge in [0.15, 0.2) is 16.6 Å². The van der Waals surface area contributed by atoms with E-state index in [0.29, 0.717) is 17.3 Å². The maximum Gasteiger partial charge on any atom is 0.240 e. The van der Waals surface area contributed by atoms with Crippen molar-refractivity contribution in [3.63, 3.8) is 0 Å². The maximum absolute atomic E-state index is 12.3. The van der Waals surface area contributed by atoms with Crippen LogP contribution in [-0.2, 0) is 4.79 Å². The lowest BCUT2D eigenvalue weighted by molar-refractivity contribution is -0.115. The SMILES string of the molecule is COc1ccc([C@H]2SCC(=O)N2c2ncc(C)s2)cc1OC. The zero-order chi connectivity index (χ0) is 15.7. The molecule has 1 amide bonds. The highest BCUT2D eigenvalue weighted by atomic mass is 32.2. The van der Waals surface area contributed by atoms with Crippen LogP contribution in [-0.4, -0.2) is 30.9 Å². The van der Waals surface area contributed by atoms with E-state index in [1.807, 2.05) is 25.1 Å². The third kappa shape index (κ3) is 2.66. The molecule has 0 N–H and O–H groups in total. The van der Waals surface area contributed by atoms with E-state index in [-0.39, 0.29) is 11.3 Å². The van der Waals surface area contributed by atoms with Gasteiger partial charge in [0.05, 0.1) is 20.0 Å². The van der Waals surface area contributed by atoms with Crippen molar-refractivity contribution in [2.45, 2.75) is 12.3 Å². The number of thiazole rings is 1. The van der Waals surface area contributed by atoms with Crippen LogP contribution >= 0.6 is 23.1 Å². The van der Waals surface area contributed by atoms with E-state index in [2.05, 4.69) is 4.98 Å². The van der Waals surface area contributed by atoms with Gasteiger partial charge in [-0.05, 0) is 24.6 Å². The highest BCUT2D eigenvalue weighted by molar-refractivity contribution is 8.00. The van der Waals surface area contributed by atoms with Crippen molar-refractivity contribution in [3.8, 4) is 11.5 Å². The van der Waals surface area contributed by atoms with Gasteiger partial charge in [-0.2, -0.15) is 0 Å². The molecule has 0 aliphatic carbocycles. The topological polar surface area (TPSA) is 51.7 Å². The second-order valence-corrected chi connectivity index (χ2v) is 7.08. The Bertz CT molecular complexity index is 702. The van der Waals surface area contributed by atoms with Gasteiger partial charge in [-0.1, -0.05) is 6.07 Å². The van der Waals surface area contributed by atoms with Crippen LogP contribution in [0.5, 0.6) is 11.5 Å². The molecule has 1 aliphatic rings. The molecule has 0 radical (unpaired) electrons. The lowest BCUT2D eigenvalue weighted by Gasteiger charge is -2.22. The summed E-state index contributed by atoms with van der Waals surface area (Å²) in [5.74, 6) is 1.88. The first kappa shape index (κ1) is 15.2. The highest BCUT2D eigenvalue weighted by Gasteiger charge is 2.36. The number of aryl methyl sites for hydroxylation is 1. The standard InChI is InChI=1S/C15H16N2O3S2/c1-9-7-16-15(22-9)17-13(18)8-21-14(17)10-4-5-11(19-2)12(6-10)20-3/h4-7,14H,8H2,1-3H3/t14-/m1/s1. The molecule has 22 heavy (non-hydrogen) atoms. The Balaban J connectivity index is 1.97. The van der Waals surface area contributed by atoms with Gasteiger partial charge in [0.25, 0.3) is 0 Å². The Morgan fingerprint density at radius 1 is 1.27 bits per heavy atom. The molecule has 0 spiro atoms. The fraction of sp³-hybridized carbons (Fsp3) is 0.333. The second-order valence-electron chi connectivity index (χ2n) is 4.80. The average Bonchev–Trinajstić information content (AvgIpc) is 3.12. The summed E-state index contributed by atoms with van der Waals surface area (Å²) in [4.78, 5) is 19.5. The number of aromatic nitrogens is 1. The minimum atomic E-state index is -0.0853. The predicted molar refractivity (Wildman–Crippen MR) is 89.1 cm³/mol. The number of rotatable bonds is 4. The van der Waals surface area contributed by atoms with Gasteiger partial charge >= 0.3 is 0 Å². The summed E-state index contributed by atoms with van der Waals surface area (Å²) in [5, 5.41) is 0.658. The number of carbonyl (C=O) groups is 1. The van der Waals surface area contributed by atoms with Gasteiger partial charge in [-0.25, -0.2) is 4.98 Å². The molecule has 7 heteroatoms. The van der Waals surface area contributed by atoms with Crippen molar-refractivity contribution in [3.05, 3.63) is 34.8 Å². The molecule has 0 saturated carbocycles. The molecule has 1 atom stereocenters. The summed E-state index contributed by atoms with van der Waals surface area (Å²) in [6.07, 6.45) is 1.79. The van der Waals surface area contributed by atoms with E-state index in [1.165, 1.54) is 11.3 Å². The van der Waals surface area contributed by atoms with Crippen LogP contribution in [0, 0.1) is 6.92 Å². The van der Waals surface area contributed by atoms with E-state index in [9.17, 15) is 4.79 Å². The van der Waals surface area contributed by atoms with Crippen molar-refractivity contribution in [1.29, 1.82) is 0 Å². The molecular weight excluding hydrogens is 320 g/mol. The van der Waals surface area contributed by atoms with Crippen molar-refractivity contribution >= 4 is 34.1 Å². The Labute approximate surface area is 137 Å². The van der Waals surface area contributed by atoms with Crippen LogP contribution in [0.1, 0.15) is 15.8 Å². The van der Waals surface area contributed by atoms with Crippen LogP contribution in [0.15, 0.2) is 24.4 Å². The molecule has 5 nitrogen and oxygen atoms in total. The number of anilines is 1. The quantitative estimate of drug-likeness (QED) is 0.858. The van der Waals surface area contributed by atoms with Crippen molar-refractivity contribution in [2.24, 2.45) is 0 Å². The summed E-state index contributed by atoms with van der Waals surface area (Å²) < 4.78 is 10.6. The monoisotopic (exact) mass is 336 g/mol. The van der Waals surface area contributed by atoms with E-state index < -0.39 is 0 Å². The van der Waals surface area contributed by atoms with Crippen LogP contribution in [0.3, 0.4) is 0 Å². The molecule has 0 bridgehead atoms. The van der Waals surface area contributed by atoms with Crippen LogP contribution in [0.25, 0.3) is 0 Å². The molecule has 1 aromatic heterocycles. The first-order valence-electron chi connectivity index (χ1n) is 6.72. The van der Waals surface area contributed by atoms with Crippen LogP contribution < -0.4 is 14.4 Å². The van der Waals surface area contributed by atoms with Gasteiger partial charge in [-0.3, -0.25) is 9.69 Å². The molecule has 0 unspecified atom stereocenters. The minimum absolute atomic E-state index is 0.0825. The normalized spacial score (nSPS) is 17.9. The maximum atomic E-state index is 12.3. The third-order valence-electron chi connectivity index (χ3n) is 3.38. The van der Waals surface area contributed by atoms with Gasteiger partial charge in [0.2, 0.25) is 5.91 Å². The smallest absolute Gasteiger partial charge is 0.240 e. The van der Waals surface area contributed by atoms with Gasteiger partial charge in [0.1, 0.15) is 5.37 Å². The number of nitrogens with zero attached hydrogens (tertiary/aromatic N) is 2. The Kier molecular flexibility index (Phi) is 4.26. The number of thioether (sulfide) groups is 1. The average molecular weight is 336 g/mol. The van der Waals surface area contributed by atoms with Crippen LogP contribution in [0.2, 0.25) is 0 Å². The minimum Gasteiger partial charge on any atom is -0.493 e. The number of carbonyl (C=O) groups excluding carboxylic acids is 1. The van der Waals surface area contributed by atoms with E-state index >= 15 is 0 Å².